The third kappa shape index (κ3) is 5.75. The number of aryl methyl sites for hydroxylation is 1. The van der Waals surface area contributed by atoms with Crippen molar-refractivity contribution in [1.29, 1.82) is 0 Å². The smallest absolute Gasteiger partial charge is 0.337 e. The normalized spacial score (nSPS) is 14.1. The van der Waals surface area contributed by atoms with E-state index in [0.29, 0.717) is 35.2 Å². The number of hydrogen-bond donors (Lipinski definition) is 2. The van der Waals surface area contributed by atoms with E-state index in [1.807, 2.05) is 62.1 Å². The van der Waals surface area contributed by atoms with Crippen molar-refractivity contribution < 1.29 is 19.0 Å². The summed E-state index contributed by atoms with van der Waals surface area (Å²) >= 11 is 2.15. The van der Waals surface area contributed by atoms with Crippen LogP contribution in [0.4, 0.5) is 11.4 Å². The van der Waals surface area contributed by atoms with Crippen LogP contribution in [0, 0.1) is 6.92 Å². The zero-order valence-corrected chi connectivity index (χ0v) is 23.4. The van der Waals surface area contributed by atoms with Crippen molar-refractivity contribution in [1.82, 2.24) is 4.98 Å². The Morgan fingerprint density at radius 3 is 2.53 bits per heavy atom. The van der Waals surface area contributed by atoms with Crippen molar-refractivity contribution in [3.05, 3.63) is 88.3 Å². The van der Waals surface area contributed by atoms with E-state index in [1.54, 1.807) is 25.4 Å². The molecular weight excluding hydrogens is 569 g/mol. The Morgan fingerprint density at radius 1 is 1.14 bits per heavy atom. The van der Waals surface area contributed by atoms with Crippen LogP contribution in [0.2, 0.25) is 0 Å². The van der Waals surface area contributed by atoms with E-state index in [4.69, 9.17) is 19.9 Å². The molecule has 1 aliphatic rings. The van der Waals surface area contributed by atoms with Gasteiger partial charge < -0.3 is 25.3 Å². The van der Waals surface area contributed by atoms with Gasteiger partial charge in [-0.1, -0.05) is 59.0 Å². The molecule has 0 bridgehead atoms. The summed E-state index contributed by atoms with van der Waals surface area (Å²) in [6, 6.07) is 15.0. The van der Waals surface area contributed by atoms with E-state index in [0.717, 1.165) is 27.9 Å². The number of aromatic nitrogens is 1. The number of pyridine rings is 1. The van der Waals surface area contributed by atoms with Crippen LogP contribution in [0.5, 0.6) is 11.6 Å². The van der Waals surface area contributed by atoms with Gasteiger partial charge in [-0.2, -0.15) is 0 Å². The monoisotopic (exact) mass is 601 g/mol. The maximum absolute atomic E-state index is 13.5. The lowest BCUT2D eigenvalue weighted by Gasteiger charge is -2.32. The molecule has 3 N–H and O–H groups in total. The quantitative estimate of drug-likeness (QED) is 0.148. The van der Waals surface area contributed by atoms with Crippen LogP contribution in [0.3, 0.4) is 0 Å². The van der Waals surface area contributed by atoms with Crippen LogP contribution in [0.15, 0.2) is 66.0 Å². The first-order valence-corrected chi connectivity index (χ1v) is 13.7. The minimum atomic E-state index is -0.524. The molecule has 0 amide bonds. The summed E-state index contributed by atoms with van der Waals surface area (Å²) in [4.78, 5) is 20.1. The molecule has 1 atom stereocenters. The second kappa shape index (κ2) is 12.6. The molecule has 2 heterocycles. The summed E-state index contributed by atoms with van der Waals surface area (Å²) < 4.78 is 17.4. The highest BCUT2D eigenvalue weighted by atomic mass is 127. The molecule has 0 saturated heterocycles. The van der Waals surface area contributed by atoms with Crippen LogP contribution in [-0.4, -0.2) is 29.6 Å². The Hall–Kier alpha value is -3.27. The molecule has 0 saturated carbocycles. The van der Waals surface area contributed by atoms with Gasteiger partial charge in [0, 0.05) is 29.2 Å². The number of halogens is 1. The zero-order valence-electron chi connectivity index (χ0n) is 21.2. The van der Waals surface area contributed by atoms with Crippen LogP contribution in [0.25, 0.3) is 0 Å². The van der Waals surface area contributed by atoms with Gasteiger partial charge in [0.1, 0.15) is 12.4 Å². The van der Waals surface area contributed by atoms with Gasteiger partial charge in [0.2, 0.25) is 5.88 Å². The lowest BCUT2D eigenvalue weighted by Crippen LogP contribution is -2.26. The fourth-order valence-electron chi connectivity index (χ4n) is 4.26. The number of nitrogens with one attached hydrogen (secondary N) is 1. The number of allylic oxidation sites excluding steroid dienone is 1. The Kier molecular flexibility index (Phi) is 9.58. The van der Waals surface area contributed by atoms with E-state index >= 15 is 0 Å². The minimum absolute atomic E-state index is 0.166. The second-order valence-corrected chi connectivity index (χ2v) is 8.13. The van der Waals surface area contributed by atoms with E-state index in [9.17, 15) is 4.79 Å². The number of methoxy groups -OCH3 is 1. The number of esters is 1. The molecule has 190 valence electrons. The predicted octanol–water partition coefficient (Wildman–Crippen LogP) is 6.01. The number of carbonyl (C=O) groups excluding carboxylic acids is 1. The first-order valence-electron chi connectivity index (χ1n) is 11.6. The van der Waals surface area contributed by atoms with Crippen LogP contribution >= 0.6 is 22.6 Å². The van der Waals surface area contributed by atoms with Crippen molar-refractivity contribution in [2.75, 3.05) is 29.7 Å². The molecule has 1 aromatic heterocycles. The maximum Gasteiger partial charge on any atom is 0.337 e. The van der Waals surface area contributed by atoms with E-state index < -0.39 is 11.9 Å². The Morgan fingerprint density at radius 2 is 1.86 bits per heavy atom. The molecule has 0 spiro atoms. The molecule has 8 heteroatoms. The van der Waals surface area contributed by atoms with E-state index in [-0.39, 0.29) is 6.61 Å². The summed E-state index contributed by atoms with van der Waals surface area (Å²) in [5, 5.41) is 3.40. The summed E-state index contributed by atoms with van der Waals surface area (Å²) in [6.45, 7) is 6.35. The summed E-state index contributed by atoms with van der Waals surface area (Å²) in [6.07, 6.45) is 1.76. The topological polar surface area (TPSA) is 95.7 Å². The highest BCUT2D eigenvalue weighted by Gasteiger charge is 2.38. The van der Waals surface area contributed by atoms with Gasteiger partial charge in [0.15, 0.2) is 0 Å². The van der Waals surface area contributed by atoms with Crippen LogP contribution in [0.1, 0.15) is 42.0 Å². The van der Waals surface area contributed by atoms with Gasteiger partial charge in [0.25, 0.3) is 0 Å². The number of benzene rings is 2. The number of carbonyl (C=O) groups is 1. The van der Waals surface area contributed by atoms with E-state index in [1.165, 1.54) is 0 Å². The lowest BCUT2D eigenvalue weighted by molar-refractivity contribution is -0.140. The molecular formula is C28H32IN3O4. The molecule has 36 heavy (non-hydrogen) atoms. The summed E-state index contributed by atoms with van der Waals surface area (Å²) in [5.41, 5.74) is 12.0. The number of nitrogens with zero attached hydrogens (tertiary/aromatic N) is 1. The van der Waals surface area contributed by atoms with Crippen LogP contribution in [-0.2, 0) is 16.1 Å². The number of anilines is 2. The Balaban J connectivity index is 0.00000176. The van der Waals surface area contributed by atoms with Crippen molar-refractivity contribution in [2.24, 2.45) is 0 Å². The van der Waals surface area contributed by atoms with Gasteiger partial charge in [0.05, 0.1) is 36.5 Å². The molecule has 4 rings (SSSR count). The van der Waals surface area contributed by atoms with Crippen LogP contribution < -0.4 is 20.5 Å². The SMILES string of the molecule is CCOc1ncc(C)c2c1C(c1ccc(N)cc1OC)C(C(=O)OCc1ccccc1)=C(C)N2.CI. The molecule has 7 nitrogen and oxygen atoms in total. The average molecular weight is 601 g/mol. The molecule has 0 radical (unpaired) electrons. The second-order valence-electron chi connectivity index (χ2n) is 8.13. The minimum Gasteiger partial charge on any atom is -0.496 e. The number of ether oxygens (including phenoxy) is 3. The Labute approximate surface area is 226 Å². The molecule has 1 unspecified atom stereocenters. The van der Waals surface area contributed by atoms with Crippen molar-refractivity contribution >= 4 is 39.9 Å². The molecule has 0 aliphatic carbocycles. The standard InChI is InChI=1S/C27H29N3O4.CH3I/c1-5-33-26-24-23(20-12-11-19(28)13-21(20)32-4)22(17(3)30-25(24)16(2)14-29-26)27(31)34-15-18-9-7-6-8-10-18;1-2/h6-14,23,30H,5,15,28H2,1-4H3;1H3. The van der Waals surface area contributed by atoms with Gasteiger partial charge in [-0.25, -0.2) is 9.78 Å². The Bertz CT molecular complexity index is 1250. The highest BCUT2D eigenvalue weighted by Crippen LogP contribution is 2.49. The zero-order chi connectivity index (χ0) is 26.2. The van der Waals surface area contributed by atoms with Crippen molar-refractivity contribution in [3.8, 4) is 11.6 Å². The average Bonchev–Trinajstić information content (AvgIpc) is 2.90. The number of nitrogens with two attached hydrogens (primary N) is 1. The molecule has 2 aromatic carbocycles. The number of fused-ring (bicyclic) bond motifs is 1. The number of hydrogen-bond acceptors (Lipinski definition) is 7. The third-order valence-corrected chi connectivity index (χ3v) is 5.85. The van der Waals surface area contributed by atoms with Gasteiger partial charge in [-0.05, 0) is 42.9 Å². The maximum atomic E-state index is 13.5. The summed E-state index contributed by atoms with van der Waals surface area (Å²) in [7, 11) is 1.59. The first kappa shape index (κ1) is 27.3. The predicted molar refractivity (Wildman–Crippen MR) is 152 cm³/mol. The highest BCUT2D eigenvalue weighted by molar-refractivity contribution is 14.1. The summed E-state index contributed by atoms with van der Waals surface area (Å²) in [5.74, 6) is 0.0830. The fraction of sp³-hybridized carbons (Fsp3) is 0.286. The van der Waals surface area contributed by atoms with E-state index in [2.05, 4.69) is 32.9 Å². The lowest BCUT2D eigenvalue weighted by atomic mass is 9.80. The fourth-order valence-corrected chi connectivity index (χ4v) is 4.26. The number of rotatable bonds is 7. The molecule has 1 aliphatic heterocycles. The number of nitrogen functional groups attached to an aromatic ring is 1. The van der Waals surface area contributed by atoms with Crippen molar-refractivity contribution in [2.45, 2.75) is 33.3 Å². The van der Waals surface area contributed by atoms with Gasteiger partial charge >= 0.3 is 5.97 Å². The first-order chi connectivity index (χ1) is 17.4. The third-order valence-electron chi connectivity index (χ3n) is 5.85. The van der Waals surface area contributed by atoms with Gasteiger partial charge in [-0.15, -0.1) is 0 Å². The molecule has 0 fully saturated rings. The largest absolute Gasteiger partial charge is 0.496 e. The van der Waals surface area contributed by atoms with Crippen molar-refractivity contribution in [3.63, 3.8) is 0 Å². The number of alkyl halides is 1. The molecule has 3 aromatic rings. The van der Waals surface area contributed by atoms with Gasteiger partial charge in [-0.3, -0.25) is 0 Å².